The van der Waals surface area contributed by atoms with E-state index in [1.165, 1.54) is 12.3 Å². The highest BCUT2D eigenvalue weighted by Crippen LogP contribution is 2.13. The zero-order valence-electron chi connectivity index (χ0n) is 10.4. The first kappa shape index (κ1) is 13.4. The maximum atomic E-state index is 12.1. The third kappa shape index (κ3) is 3.72. The van der Waals surface area contributed by atoms with E-state index in [4.69, 9.17) is 11.6 Å². The van der Waals surface area contributed by atoms with Gasteiger partial charge < -0.3 is 5.32 Å². The van der Waals surface area contributed by atoms with E-state index in [9.17, 15) is 4.79 Å². The van der Waals surface area contributed by atoms with Crippen LogP contribution in [0.5, 0.6) is 0 Å². The van der Waals surface area contributed by atoms with Crippen molar-refractivity contribution in [3.63, 3.8) is 0 Å². The van der Waals surface area contributed by atoms with Gasteiger partial charge in [0, 0.05) is 17.5 Å². The largest absolute Gasteiger partial charge is 0.305 e. The highest BCUT2D eigenvalue weighted by atomic mass is 35.5. The predicted molar refractivity (Wildman–Crippen MR) is 73.2 cm³/mol. The van der Waals surface area contributed by atoms with Crippen LogP contribution in [0.4, 0.5) is 5.82 Å². The number of carbonyl (C=O) groups is 1. The van der Waals surface area contributed by atoms with E-state index in [0.29, 0.717) is 16.5 Å². The van der Waals surface area contributed by atoms with Gasteiger partial charge in [0.2, 0.25) is 0 Å². The molecule has 0 aliphatic carbocycles. The molecule has 98 valence electrons. The fourth-order valence-electron chi connectivity index (χ4n) is 1.62. The van der Waals surface area contributed by atoms with E-state index in [2.05, 4.69) is 20.5 Å². The Kier molecular flexibility index (Phi) is 4.41. The number of carbonyl (C=O) groups excluding carboxylic acids is 1. The molecule has 0 saturated heterocycles. The van der Waals surface area contributed by atoms with E-state index >= 15 is 0 Å². The van der Waals surface area contributed by atoms with Crippen LogP contribution >= 0.6 is 11.6 Å². The molecule has 0 radical (unpaired) electrons. The zero-order chi connectivity index (χ0) is 13.7. The van der Waals surface area contributed by atoms with Crippen molar-refractivity contribution in [2.45, 2.75) is 19.8 Å². The molecule has 1 N–H and O–H groups in total. The smallest absolute Gasteiger partial charge is 0.257 e. The Morgan fingerprint density at radius 3 is 2.95 bits per heavy atom. The molecule has 2 heterocycles. The molecule has 6 heteroatoms. The molecule has 2 rings (SSSR count). The number of pyridine rings is 1. The van der Waals surface area contributed by atoms with E-state index < -0.39 is 0 Å². The van der Waals surface area contributed by atoms with Crippen molar-refractivity contribution >= 4 is 23.3 Å². The minimum absolute atomic E-state index is 0.276. The molecule has 0 spiro atoms. The summed E-state index contributed by atoms with van der Waals surface area (Å²) in [6.45, 7) is 2.04. The second-order valence-corrected chi connectivity index (χ2v) is 4.37. The summed E-state index contributed by atoms with van der Waals surface area (Å²) < 4.78 is 0. The first-order valence-electron chi connectivity index (χ1n) is 5.94. The molecule has 0 saturated carbocycles. The number of hydrogen-bond donors (Lipinski definition) is 1. The average molecular weight is 277 g/mol. The Morgan fingerprint density at radius 2 is 2.26 bits per heavy atom. The predicted octanol–water partition coefficient (Wildman–Crippen LogP) is 2.73. The number of aryl methyl sites for hydroxylation is 1. The highest BCUT2D eigenvalue weighted by molar-refractivity contribution is 6.29. The topological polar surface area (TPSA) is 67.8 Å². The molecule has 0 aliphatic heterocycles. The number of amides is 1. The lowest BCUT2D eigenvalue weighted by molar-refractivity contribution is 0.102. The molecule has 0 bridgehead atoms. The van der Waals surface area contributed by atoms with Crippen LogP contribution < -0.4 is 5.32 Å². The molecule has 1 amide bonds. The molecule has 0 unspecified atom stereocenters. The summed E-state index contributed by atoms with van der Waals surface area (Å²) in [5, 5.41) is 10.5. The van der Waals surface area contributed by atoms with Crippen LogP contribution in [0.3, 0.4) is 0 Å². The van der Waals surface area contributed by atoms with Crippen LogP contribution in [-0.2, 0) is 6.42 Å². The van der Waals surface area contributed by atoms with Crippen molar-refractivity contribution in [2.75, 3.05) is 5.32 Å². The summed E-state index contributed by atoms with van der Waals surface area (Å²) in [5.74, 6) is 0.125. The van der Waals surface area contributed by atoms with Crippen LogP contribution in [0.2, 0.25) is 5.15 Å². The van der Waals surface area contributed by atoms with E-state index in [0.717, 1.165) is 18.5 Å². The molecule has 0 fully saturated rings. The second kappa shape index (κ2) is 6.24. The Hall–Kier alpha value is -2.01. The van der Waals surface area contributed by atoms with Gasteiger partial charge in [-0.25, -0.2) is 4.98 Å². The van der Waals surface area contributed by atoms with Gasteiger partial charge in [0.25, 0.3) is 5.91 Å². The monoisotopic (exact) mass is 276 g/mol. The van der Waals surface area contributed by atoms with Gasteiger partial charge in [-0.3, -0.25) is 4.79 Å². The van der Waals surface area contributed by atoms with E-state index in [1.807, 2.05) is 6.92 Å². The van der Waals surface area contributed by atoms with Gasteiger partial charge in [0.15, 0.2) is 5.82 Å². The minimum atomic E-state index is -0.276. The van der Waals surface area contributed by atoms with Crippen LogP contribution in [0.1, 0.15) is 29.4 Å². The van der Waals surface area contributed by atoms with Gasteiger partial charge in [-0.15, -0.1) is 5.10 Å². The van der Waals surface area contributed by atoms with Crippen molar-refractivity contribution in [1.82, 2.24) is 15.2 Å². The molecule has 2 aromatic heterocycles. The number of nitrogens with zero attached hydrogens (tertiary/aromatic N) is 3. The van der Waals surface area contributed by atoms with E-state index in [-0.39, 0.29) is 5.91 Å². The molecular formula is C13H13ClN4O. The third-order valence-electron chi connectivity index (χ3n) is 2.43. The van der Waals surface area contributed by atoms with Crippen LogP contribution in [0, 0.1) is 0 Å². The lowest BCUT2D eigenvalue weighted by Crippen LogP contribution is -2.14. The Balaban J connectivity index is 2.19. The van der Waals surface area contributed by atoms with Crippen molar-refractivity contribution < 1.29 is 4.79 Å². The van der Waals surface area contributed by atoms with Crippen LogP contribution in [0.25, 0.3) is 0 Å². The van der Waals surface area contributed by atoms with Crippen molar-refractivity contribution in [3.05, 3.63) is 46.9 Å². The van der Waals surface area contributed by atoms with Crippen LogP contribution in [-0.4, -0.2) is 21.1 Å². The lowest BCUT2D eigenvalue weighted by atomic mass is 10.1. The fraction of sp³-hybridized carbons (Fsp3) is 0.231. The first-order chi connectivity index (χ1) is 9.19. The molecule has 2 aromatic rings. The number of hydrogen-bond acceptors (Lipinski definition) is 4. The Bertz CT molecular complexity index is 574. The van der Waals surface area contributed by atoms with Crippen LogP contribution in [0.15, 0.2) is 30.5 Å². The van der Waals surface area contributed by atoms with Gasteiger partial charge >= 0.3 is 0 Å². The van der Waals surface area contributed by atoms with E-state index in [1.54, 1.807) is 18.2 Å². The summed E-state index contributed by atoms with van der Waals surface area (Å²) in [7, 11) is 0. The summed E-state index contributed by atoms with van der Waals surface area (Å²) >= 11 is 5.91. The van der Waals surface area contributed by atoms with Gasteiger partial charge in [-0.05, 0) is 30.7 Å². The Morgan fingerprint density at radius 1 is 1.42 bits per heavy atom. The van der Waals surface area contributed by atoms with Gasteiger partial charge in [-0.1, -0.05) is 24.9 Å². The molecule has 0 atom stereocenters. The molecule has 0 aromatic carbocycles. The molecule has 19 heavy (non-hydrogen) atoms. The number of halogens is 1. The number of rotatable bonds is 4. The second-order valence-electron chi connectivity index (χ2n) is 3.98. The maximum Gasteiger partial charge on any atom is 0.257 e. The SMILES string of the molecule is CCCc1cc(C(=O)Nc2cccnn2)cc(Cl)n1. The number of aromatic nitrogens is 3. The quantitative estimate of drug-likeness (QED) is 0.872. The molecule has 0 aliphatic rings. The number of nitrogens with one attached hydrogen (secondary N) is 1. The zero-order valence-corrected chi connectivity index (χ0v) is 11.2. The fourth-order valence-corrected chi connectivity index (χ4v) is 1.85. The van der Waals surface area contributed by atoms with Crippen molar-refractivity contribution in [2.24, 2.45) is 0 Å². The maximum absolute atomic E-state index is 12.1. The minimum Gasteiger partial charge on any atom is -0.305 e. The van der Waals surface area contributed by atoms with Gasteiger partial charge in [-0.2, -0.15) is 5.10 Å². The molecular weight excluding hydrogens is 264 g/mol. The third-order valence-corrected chi connectivity index (χ3v) is 2.62. The first-order valence-corrected chi connectivity index (χ1v) is 6.32. The normalized spacial score (nSPS) is 10.2. The standard InChI is InChI=1S/C13H13ClN4O/c1-2-4-10-7-9(8-11(14)16-10)13(19)17-12-5-3-6-15-18-12/h3,5-8H,2,4H2,1H3,(H,17,18,19). The average Bonchev–Trinajstić information content (AvgIpc) is 2.39. The summed E-state index contributed by atoms with van der Waals surface area (Å²) in [5.41, 5.74) is 1.27. The summed E-state index contributed by atoms with van der Waals surface area (Å²) in [6, 6.07) is 6.64. The lowest BCUT2D eigenvalue weighted by Gasteiger charge is -2.06. The van der Waals surface area contributed by atoms with Crippen molar-refractivity contribution in [3.8, 4) is 0 Å². The Labute approximate surface area is 116 Å². The summed E-state index contributed by atoms with van der Waals surface area (Å²) in [4.78, 5) is 16.2. The van der Waals surface area contributed by atoms with Gasteiger partial charge in [0.1, 0.15) is 5.15 Å². The van der Waals surface area contributed by atoms with Gasteiger partial charge in [0.05, 0.1) is 0 Å². The van der Waals surface area contributed by atoms with Crippen molar-refractivity contribution in [1.29, 1.82) is 0 Å². The summed E-state index contributed by atoms with van der Waals surface area (Å²) in [6.07, 6.45) is 3.27. The highest BCUT2D eigenvalue weighted by Gasteiger charge is 2.10. The molecule has 5 nitrogen and oxygen atoms in total. The number of anilines is 1.